The molecular weight excluding hydrogens is 484 g/mol. The molecule has 0 spiro atoms. The Labute approximate surface area is 237 Å². The van der Waals surface area contributed by atoms with E-state index < -0.39 is 10.8 Å². The van der Waals surface area contributed by atoms with E-state index in [-0.39, 0.29) is 37.9 Å². The number of aryl methyl sites for hydroxylation is 2. The number of nitrogens with zero attached hydrogens (tertiary/aromatic N) is 3. The third-order valence-corrected chi connectivity index (χ3v) is 7.74. The van der Waals surface area contributed by atoms with Gasteiger partial charge < -0.3 is 26.8 Å². The molecule has 8 nitrogen and oxygen atoms in total. The SMILES string of the molecule is C.Cc1c(/C(N)=C/C=C(N)N)ccc2nn(C)cc12.[B]C1([B])CC(C(=O)N2CC3CCCC3C2)CC([B])([B])O1. The molecule has 3 heterocycles. The van der Waals surface area contributed by atoms with Gasteiger partial charge in [0.1, 0.15) is 0 Å². The number of amides is 1. The van der Waals surface area contributed by atoms with Gasteiger partial charge in [0.15, 0.2) is 0 Å². The van der Waals surface area contributed by atoms with Gasteiger partial charge >= 0.3 is 0 Å². The zero-order valence-corrected chi connectivity index (χ0v) is 22.3. The van der Waals surface area contributed by atoms with Gasteiger partial charge in [0.05, 0.1) is 42.7 Å². The Morgan fingerprint density at radius 2 is 1.64 bits per heavy atom. The van der Waals surface area contributed by atoms with Crippen molar-refractivity contribution >= 4 is 53.9 Å². The molecular formula is C27H38B4N6O2. The van der Waals surface area contributed by atoms with Crippen LogP contribution in [0.15, 0.2) is 36.3 Å². The Hall–Kier alpha value is -2.74. The average molecular weight is 522 g/mol. The fourth-order valence-corrected chi connectivity index (χ4v) is 6.07. The molecule has 2 aromatic rings. The van der Waals surface area contributed by atoms with Gasteiger partial charge in [-0.1, -0.05) is 19.9 Å². The Bertz CT molecular complexity index is 1230. The molecule has 1 aromatic heterocycles. The van der Waals surface area contributed by atoms with Gasteiger partial charge in [0, 0.05) is 48.9 Å². The van der Waals surface area contributed by atoms with E-state index in [1.807, 2.05) is 37.2 Å². The Kier molecular flexibility index (Phi) is 9.31. The molecule has 200 valence electrons. The highest BCUT2D eigenvalue weighted by atomic mass is 16.5. The number of carbonyl (C=O) groups excluding carboxylic acids is 1. The van der Waals surface area contributed by atoms with E-state index in [2.05, 4.69) is 5.10 Å². The van der Waals surface area contributed by atoms with Crippen molar-refractivity contribution in [3.05, 3.63) is 47.4 Å². The maximum atomic E-state index is 12.7. The number of allylic oxidation sites excluding steroid dienone is 2. The van der Waals surface area contributed by atoms with Gasteiger partial charge in [-0.3, -0.25) is 9.48 Å². The van der Waals surface area contributed by atoms with Gasteiger partial charge in [-0.05, 0) is 79.0 Å². The molecule has 0 bridgehead atoms. The average Bonchev–Trinajstić information content (AvgIpc) is 3.50. The van der Waals surface area contributed by atoms with Gasteiger partial charge in [-0.2, -0.15) is 5.10 Å². The Morgan fingerprint density at radius 1 is 1.05 bits per heavy atom. The predicted molar refractivity (Wildman–Crippen MR) is 161 cm³/mol. The number of aromatic nitrogens is 2. The summed E-state index contributed by atoms with van der Waals surface area (Å²) in [6, 6.07) is 3.91. The zero-order valence-electron chi connectivity index (χ0n) is 22.3. The number of ether oxygens (including phenoxy) is 1. The summed E-state index contributed by atoms with van der Waals surface area (Å²) in [5.41, 5.74) is 20.4. The van der Waals surface area contributed by atoms with Gasteiger partial charge in [-0.25, -0.2) is 0 Å². The molecule has 2 unspecified atom stereocenters. The van der Waals surface area contributed by atoms with Crippen LogP contribution < -0.4 is 17.2 Å². The summed E-state index contributed by atoms with van der Waals surface area (Å²) >= 11 is 0. The lowest BCUT2D eigenvalue weighted by atomic mass is 9.51. The number of fused-ring (bicyclic) bond motifs is 2. The lowest BCUT2D eigenvalue weighted by molar-refractivity contribution is -0.141. The molecule has 6 N–H and O–H groups in total. The van der Waals surface area contributed by atoms with E-state index >= 15 is 0 Å². The zero-order chi connectivity index (χ0) is 27.8. The predicted octanol–water partition coefficient (Wildman–Crippen LogP) is 1.23. The molecule has 2 atom stereocenters. The second-order valence-electron chi connectivity index (χ2n) is 11.1. The third kappa shape index (κ3) is 7.27. The van der Waals surface area contributed by atoms with Crippen LogP contribution >= 0.6 is 0 Å². The van der Waals surface area contributed by atoms with Crippen LogP contribution in [0, 0.1) is 24.7 Å². The lowest BCUT2D eigenvalue weighted by Crippen LogP contribution is -2.56. The highest BCUT2D eigenvalue weighted by Crippen LogP contribution is 2.40. The van der Waals surface area contributed by atoms with Gasteiger partial charge in [0.25, 0.3) is 0 Å². The minimum Gasteiger partial charge on any atom is -0.407 e. The molecule has 2 aliphatic heterocycles. The summed E-state index contributed by atoms with van der Waals surface area (Å²) in [6.07, 6.45) is 9.55. The van der Waals surface area contributed by atoms with Crippen LogP contribution in [0.1, 0.15) is 50.7 Å². The summed E-state index contributed by atoms with van der Waals surface area (Å²) in [7, 11) is 25.1. The van der Waals surface area contributed by atoms with Crippen molar-refractivity contribution in [2.75, 3.05) is 13.1 Å². The lowest BCUT2D eigenvalue weighted by Gasteiger charge is -2.47. The van der Waals surface area contributed by atoms with Crippen molar-refractivity contribution in [3.63, 3.8) is 0 Å². The van der Waals surface area contributed by atoms with Crippen LogP contribution in [0.2, 0.25) is 0 Å². The highest BCUT2D eigenvalue weighted by Gasteiger charge is 2.44. The second-order valence-corrected chi connectivity index (χ2v) is 11.1. The second kappa shape index (κ2) is 11.8. The van der Waals surface area contributed by atoms with Crippen molar-refractivity contribution in [2.45, 2.75) is 57.3 Å². The Balaban J connectivity index is 0.000000211. The molecule has 3 fully saturated rings. The smallest absolute Gasteiger partial charge is 0.225 e. The first-order chi connectivity index (χ1) is 17.7. The quantitative estimate of drug-likeness (QED) is 0.412. The van der Waals surface area contributed by atoms with Crippen molar-refractivity contribution in [1.29, 1.82) is 0 Å². The Morgan fingerprint density at radius 3 is 2.21 bits per heavy atom. The number of rotatable bonds is 3. The van der Waals surface area contributed by atoms with Crippen molar-refractivity contribution < 1.29 is 9.53 Å². The molecule has 1 aromatic carbocycles. The monoisotopic (exact) mass is 522 g/mol. The minimum absolute atomic E-state index is 0. The number of carbonyl (C=O) groups is 1. The maximum Gasteiger partial charge on any atom is 0.225 e. The third-order valence-electron chi connectivity index (χ3n) is 7.74. The van der Waals surface area contributed by atoms with Crippen LogP contribution in [0.25, 0.3) is 16.6 Å². The van der Waals surface area contributed by atoms with Crippen LogP contribution in [0.5, 0.6) is 0 Å². The van der Waals surface area contributed by atoms with E-state index in [4.69, 9.17) is 53.3 Å². The largest absolute Gasteiger partial charge is 0.407 e. The fourth-order valence-electron chi connectivity index (χ4n) is 6.07. The number of nitrogens with two attached hydrogens (primary N) is 3. The van der Waals surface area contributed by atoms with Crippen molar-refractivity contribution in [3.8, 4) is 0 Å². The first-order valence-corrected chi connectivity index (χ1v) is 13.0. The van der Waals surface area contributed by atoms with E-state index in [9.17, 15) is 4.79 Å². The van der Waals surface area contributed by atoms with E-state index in [1.165, 1.54) is 19.3 Å². The number of likely N-dealkylation sites (tertiary alicyclic amines) is 1. The molecule has 1 aliphatic carbocycles. The highest BCUT2D eigenvalue weighted by molar-refractivity contribution is 6.42. The molecule has 5 rings (SSSR count). The van der Waals surface area contributed by atoms with E-state index in [1.54, 1.807) is 16.8 Å². The number of hydrogen-bond acceptors (Lipinski definition) is 6. The minimum atomic E-state index is -1.43. The molecule has 8 radical (unpaired) electrons. The van der Waals surface area contributed by atoms with E-state index in [0.29, 0.717) is 17.5 Å². The summed E-state index contributed by atoms with van der Waals surface area (Å²) in [5.74, 6) is 1.29. The van der Waals surface area contributed by atoms with E-state index in [0.717, 1.165) is 35.1 Å². The normalized spacial score (nSPS) is 23.8. The van der Waals surface area contributed by atoms with Gasteiger partial charge in [0.2, 0.25) is 5.91 Å². The van der Waals surface area contributed by atoms with Crippen LogP contribution in [-0.2, 0) is 16.6 Å². The fraction of sp³-hybridized carbons (Fsp3) is 0.556. The summed E-state index contributed by atoms with van der Waals surface area (Å²) in [4.78, 5) is 14.6. The summed E-state index contributed by atoms with van der Waals surface area (Å²) in [5, 5.41) is 2.58. The van der Waals surface area contributed by atoms with Crippen LogP contribution in [0.4, 0.5) is 0 Å². The first-order valence-electron chi connectivity index (χ1n) is 13.0. The molecule has 39 heavy (non-hydrogen) atoms. The maximum absolute atomic E-state index is 12.7. The molecule has 3 aliphatic rings. The van der Waals surface area contributed by atoms with Crippen molar-refractivity contribution in [2.24, 2.45) is 42.0 Å². The topological polar surface area (TPSA) is 125 Å². The molecule has 2 saturated heterocycles. The molecule has 12 heteroatoms. The molecule has 1 saturated carbocycles. The van der Waals surface area contributed by atoms with Crippen molar-refractivity contribution in [1.82, 2.24) is 14.7 Å². The summed E-state index contributed by atoms with van der Waals surface area (Å²) < 4.78 is 7.01. The van der Waals surface area contributed by atoms with Crippen LogP contribution in [-0.4, -0.2) is 75.9 Å². The number of benzene rings is 1. The number of hydrogen-bond donors (Lipinski definition) is 3. The standard InChI is InChI=1S/C13H17B4NO2.C13H17N5.CH4/c14-12(15)4-10(5-13(16,17)20-12)11(19)18-6-8-2-1-3-9(8)7-18;1-8-9(11(14)4-6-13(15)16)3-5-12-10(8)7-18(2)17-12;/h8-10H,1-7H2;3-7H,14-16H2,1-2H3;1H4/b;11-4-;. The summed E-state index contributed by atoms with van der Waals surface area (Å²) in [6.45, 7) is 3.73. The first kappa shape index (κ1) is 30.8. The van der Waals surface area contributed by atoms with Crippen LogP contribution in [0.3, 0.4) is 0 Å². The van der Waals surface area contributed by atoms with Gasteiger partial charge in [-0.15, -0.1) is 0 Å². The molecule has 1 amide bonds.